The summed E-state index contributed by atoms with van der Waals surface area (Å²) in [6.07, 6.45) is 13.1. The summed E-state index contributed by atoms with van der Waals surface area (Å²) in [5, 5.41) is 7.50. The summed E-state index contributed by atoms with van der Waals surface area (Å²) in [5.74, 6) is 1.88. The highest BCUT2D eigenvalue weighted by atomic mass is 28.3. The van der Waals surface area contributed by atoms with Crippen molar-refractivity contribution in [1.82, 2.24) is 9.97 Å². The van der Waals surface area contributed by atoms with E-state index in [2.05, 4.69) is 333 Å². The minimum absolute atomic E-state index is 0.170. The molecule has 10 aromatic carbocycles. The number of anilines is 6. The van der Waals surface area contributed by atoms with E-state index in [1.54, 1.807) is 0 Å². The molecule has 0 unspecified atom stereocenters. The molecule has 0 fully saturated rings. The van der Waals surface area contributed by atoms with E-state index in [0.29, 0.717) is 0 Å². The topological polar surface area (TPSA) is 32.3 Å². The molecular formula is C85H78N4Si2. The largest absolute Gasteiger partial charge is 0.295 e. The molecule has 0 aliphatic heterocycles. The molecule has 3 aliphatic rings. The number of fused-ring (bicyclic) bond motifs is 11. The summed E-state index contributed by atoms with van der Waals surface area (Å²) >= 11 is 0. The fourth-order valence-electron chi connectivity index (χ4n) is 14.9. The Labute approximate surface area is 540 Å². The van der Waals surface area contributed by atoms with Crippen molar-refractivity contribution < 1.29 is 0 Å². The molecule has 91 heavy (non-hydrogen) atoms. The van der Waals surface area contributed by atoms with Crippen LogP contribution in [0.1, 0.15) is 97.2 Å². The molecule has 2 heterocycles. The van der Waals surface area contributed by atoms with Gasteiger partial charge in [0.2, 0.25) is 0 Å². The van der Waals surface area contributed by atoms with Crippen molar-refractivity contribution in [2.24, 2.45) is 0 Å². The second-order valence-electron chi connectivity index (χ2n) is 29.2. The van der Waals surface area contributed by atoms with Crippen molar-refractivity contribution in [1.29, 1.82) is 0 Å². The summed E-state index contributed by atoms with van der Waals surface area (Å²) < 4.78 is 0. The van der Waals surface area contributed by atoms with Gasteiger partial charge in [-0.05, 0) is 160 Å². The van der Waals surface area contributed by atoms with E-state index >= 15 is 0 Å². The maximum absolute atomic E-state index is 5.08. The first kappa shape index (κ1) is 57.9. The van der Waals surface area contributed by atoms with E-state index in [-0.39, 0.29) is 16.2 Å². The van der Waals surface area contributed by atoms with Crippen molar-refractivity contribution >= 4 is 107 Å². The molecule has 0 saturated carbocycles. The van der Waals surface area contributed by atoms with Gasteiger partial charge in [0.1, 0.15) is 11.6 Å². The van der Waals surface area contributed by atoms with Gasteiger partial charge < -0.3 is 0 Å². The van der Waals surface area contributed by atoms with E-state index in [1.165, 1.54) is 110 Å². The number of benzene rings is 10. The van der Waals surface area contributed by atoms with Crippen LogP contribution in [0.15, 0.2) is 231 Å². The van der Waals surface area contributed by atoms with Gasteiger partial charge in [-0.2, -0.15) is 0 Å². The predicted octanol–water partition coefficient (Wildman–Crippen LogP) is 22.1. The fraction of sp³-hybridized carbons (Fsp3) is 0.176. The first-order chi connectivity index (χ1) is 43.6. The monoisotopic (exact) mass is 1210 g/mol. The molecule has 4 nitrogen and oxygen atoms in total. The summed E-state index contributed by atoms with van der Waals surface area (Å²) in [6.45, 7) is 28.8. The SMILES string of the molecule is CC1(C)c2cc(/C=C/c3ccc4c(c3)C(C)(C)c3cc(N(c5ccc([Si](C)(C)C)cc5)c5nccc6ccccc56)ccc3-4)ccc2-c2ccc(/C=C/c3ccc4c(c3)C(C)(C)c3cc(N(c5ccc([Si](C)(C)C)cc5)c5nccc6ccccc56)ccc3-4)cc21. The van der Waals surface area contributed by atoms with E-state index in [0.717, 1.165) is 45.2 Å². The molecule has 2 aromatic heterocycles. The van der Waals surface area contributed by atoms with Gasteiger partial charge >= 0.3 is 0 Å². The smallest absolute Gasteiger partial charge is 0.145 e. The lowest BCUT2D eigenvalue weighted by Crippen LogP contribution is -2.37. The maximum Gasteiger partial charge on any atom is 0.145 e. The van der Waals surface area contributed by atoms with E-state index in [4.69, 9.17) is 9.97 Å². The zero-order valence-electron chi connectivity index (χ0n) is 54.5. The molecule has 446 valence electrons. The Morgan fingerprint density at radius 1 is 0.297 bits per heavy atom. The number of hydrogen-bond acceptors (Lipinski definition) is 4. The highest BCUT2D eigenvalue weighted by Gasteiger charge is 2.39. The molecule has 0 amide bonds. The van der Waals surface area contributed by atoms with Crippen LogP contribution in [-0.2, 0) is 16.2 Å². The molecule has 15 rings (SSSR count). The number of pyridine rings is 2. The number of rotatable bonds is 12. The normalized spacial score (nSPS) is 14.8. The Kier molecular flexibility index (Phi) is 13.6. The van der Waals surface area contributed by atoms with Crippen LogP contribution in [0.2, 0.25) is 39.3 Å². The molecule has 12 aromatic rings. The van der Waals surface area contributed by atoms with Crippen molar-refractivity contribution in [3.8, 4) is 33.4 Å². The van der Waals surface area contributed by atoms with Gasteiger partial charge in [-0.1, -0.05) is 273 Å². The van der Waals surface area contributed by atoms with Crippen LogP contribution in [-0.4, -0.2) is 26.1 Å². The lowest BCUT2D eigenvalue weighted by atomic mass is 9.81. The molecule has 0 N–H and O–H groups in total. The summed E-state index contributed by atoms with van der Waals surface area (Å²) in [4.78, 5) is 14.9. The minimum Gasteiger partial charge on any atom is -0.295 e. The lowest BCUT2D eigenvalue weighted by Gasteiger charge is -2.28. The molecule has 0 radical (unpaired) electrons. The van der Waals surface area contributed by atoms with Crippen molar-refractivity contribution in [3.05, 3.63) is 286 Å². The van der Waals surface area contributed by atoms with E-state index in [9.17, 15) is 0 Å². The van der Waals surface area contributed by atoms with Crippen LogP contribution < -0.4 is 20.2 Å². The van der Waals surface area contributed by atoms with Crippen LogP contribution in [0.3, 0.4) is 0 Å². The van der Waals surface area contributed by atoms with Crippen LogP contribution in [0.25, 0.3) is 79.2 Å². The number of hydrogen-bond donors (Lipinski definition) is 0. The van der Waals surface area contributed by atoms with Crippen molar-refractivity contribution in [2.75, 3.05) is 9.80 Å². The average Bonchev–Trinajstić information content (AvgIpc) is 1.61. The van der Waals surface area contributed by atoms with E-state index < -0.39 is 16.1 Å². The van der Waals surface area contributed by atoms with Gasteiger partial charge in [0, 0.05) is 62.2 Å². The second-order valence-corrected chi connectivity index (χ2v) is 39.4. The minimum atomic E-state index is -1.50. The summed E-state index contributed by atoms with van der Waals surface area (Å²) in [7, 11) is -3.00. The van der Waals surface area contributed by atoms with Crippen molar-refractivity contribution in [3.63, 3.8) is 0 Å². The van der Waals surface area contributed by atoms with Gasteiger partial charge in [-0.3, -0.25) is 9.80 Å². The lowest BCUT2D eigenvalue weighted by molar-refractivity contribution is 0.660. The van der Waals surface area contributed by atoms with Gasteiger partial charge in [0.15, 0.2) is 0 Å². The second kappa shape index (κ2) is 21.3. The van der Waals surface area contributed by atoms with Crippen molar-refractivity contribution in [2.45, 2.75) is 97.1 Å². The van der Waals surface area contributed by atoms with Gasteiger partial charge in [-0.15, -0.1) is 0 Å². The Balaban J connectivity index is 0.671. The van der Waals surface area contributed by atoms with E-state index in [1.807, 2.05) is 12.4 Å². The zero-order chi connectivity index (χ0) is 62.9. The Hall–Kier alpha value is -9.47. The zero-order valence-corrected chi connectivity index (χ0v) is 56.5. The number of nitrogens with zero attached hydrogens (tertiary/aromatic N) is 4. The molecular weight excluding hydrogens is 1130 g/mol. The molecule has 0 saturated heterocycles. The Morgan fingerprint density at radius 3 is 0.879 bits per heavy atom. The first-order valence-corrected chi connectivity index (χ1v) is 39.3. The maximum atomic E-state index is 5.08. The van der Waals surface area contributed by atoms with Gasteiger partial charge in [0.25, 0.3) is 0 Å². The number of aromatic nitrogens is 2. The van der Waals surface area contributed by atoms with Crippen LogP contribution >= 0.6 is 0 Å². The summed E-state index contributed by atoms with van der Waals surface area (Å²) in [6, 6.07) is 82.1. The van der Waals surface area contributed by atoms with Gasteiger partial charge in [0.05, 0.1) is 16.1 Å². The highest BCUT2D eigenvalue weighted by molar-refractivity contribution is 6.89. The molecule has 6 heteroatoms. The van der Waals surface area contributed by atoms with Gasteiger partial charge in [-0.25, -0.2) is 9.97 Å². The third-order valence-corrected chi connectivity index (χ3v) is 24.4. The first-order valence-electron chi connectivity index (χ1n) is 32.3. The standard InChI is InChI=1S/C85H78N4Si2/c1-83(2)75-49-55(21-23-57-27-41-71-73-43-33-63(53-79(73)84(3,4)77(71)51-57)88(61-29-35-65(36-30-61)90(7,8)9)81-67-19-15-13-17-59(67)45-47-86-81)25-39-69(75)70-40-26-56(50-76(70)83)22-24-58-28-42-72-74-44-34-64(54-80(74)85(5,6)78(72)52-58)89(62-31-37-66(38-32-62)91(10,11)12)82-68-20-16-14-18-60(68)46-48-87-82/h13-54H,1-12H3/b23-21+,24-22+. The molecule has 0 spiro atoms. The average molecular weight is 1210 g/mol. The predicted molar refractivity (Wildman–Crippen MR) is 396 cm³/mol. The van der Waals surface area contributed by atoms with Crippen LogP contribution in [0, 0.1) is 0 Å². The summed E-state index contributed by atoms with van der Waals surface area (Å²) in [5.41, 5.74) is 24.6. The Morgan fingerprint density at radius 2 is 0.571 bits per heavy atom. The quantitative estimate of drug-likeness (QED) is 0.0901. The molecule has 0 atom stereocenters. The van der Waals surface area contributed by atoms with Crippen LogP contribution in [0.4, 0.5) is 34.4 Å². The highest BCUT2D eigenvalue weighted by Crippen LogP contribution is 2.54. The third kappa shape index (κ3) is 9.85. The van der Waals surface area contributed by atoms with Crippen LogP contribution in [0.5, 0.6) is 0 Å². The molecule has 0 bridgehead atoms. The third-order valence-electron chi connectivity index (χ3n) is 20.3. The fourth-order valence-corrected chi connectivity index (χ4v) is 17.2. The Bertz CT molecular complexity index is 4670. The molecule has 3 aliphatic carbocycles.